The maximum atomic E-state index is 12.0. The molecule has 0 saturated heterocycles. The molecule has 1 fully saturated rings. The fraction of sp³-hybridized carbons (Fsp3) is 0.333. The van der Waals surface area contributed by atoms with E-state index in [1.165, 1.54) is 0 Å². The topological polar surface area (TPSA) is 58.2 Å². The Labute approximate surface area is 129 Å². The Morgan fingerprint density at radius 2 is 1.86 bits per heavy atom. The fourth-order valence-electron chi connectivity index (χ4n) is 2.66. The van der Waals surface area contributed by atoms with E-state index < -0.39 is 0 Å². The number of carbonyl (C=O) groups is 2. The molecule has 2 aromatic carbocycles. The van der Waals surface area contributed by atoms with Crippen LogP contribution in [0.5, 0.6) is 0 Å². The van der Waals surface area contributed by atoms with Crippen LogP contribution < -0.4 is 10.6 Å². The van der Waals surface area contributed by atoms with Crippen molar-refractivity contribution in [1.29, 1.82) is 0 Å². The van der Waals surface area contributed by atoms with Crippen molar-refractivity contribution in [1.82, 2.24) is 5.32 Å². The zero-order valence-corrected chi connectivity index (χ0v) is 12.6. The number of hydrogen-bond acceptors (Lipinski definition) is 2. The quantitative estimate of drug-likeness (QED) is 0.891. The lowest BCUT2D eigenvalue weighted by molar-refractivity contribution is -0.122. The van der Waals surface area contributed by atoms with E-state index in [9.17, 15) is 9.59 Å². The number of rotatable bonds is 5. The lowest BCUT2D eigenvalue weighted by Crippen LogP contribution is -2.29. The second-order valence-electron chi connectivity index (χ2n) is 5.94. The van der Waals surface area contributed by atoms with Crippen LogP contribution in [0.1, 0.15) is 19.8 Å². The monoisotopic (exact) mass is 296 g/mol. The van der Waals surface area contributed by atoms with Crippen LogP contribution in [0.2, 0.25) is 0 Å². The van der Waals surface area contributed by atoms with Gasteiger partial charge in [-0.3, -0.25) is 9.59 Å². The van der Waals surface area contributed by atoms with E-state index in [1.54, 1.807) is 0 Å². The fourth-order valence-corrected chi connectivity index (χ4v) is 2.66. The Balaban J connectivity index is 1.54. The molecule has 0 heterocycles. The summed E-state index contributed by atoms with van der Waals surface area (Å²) >= 11 is 0. The number of nitrogens with one attached hydrogen (secondary N) is 2. The van der Waals surface area contributed by atoms with E-state index >= 15 is 0 Å². The zero-order chi connectivity index (χ0) is 15.5. The number of fused-ring (bicyclic) bond motifs is 1. The highest BCUT2D eigenvalue weighted by atomic mass is 16.2. The minimum Gasteiger partial charge on any atom is -0.355 e. The molecule has 2 amide bonds. The van der Waals surface area contributed by atoms with Crippen LogP contribution in [0.15, 0.2) is 42.5 Å². The van der Waals surface area contributed by atoms with E-state index in [2.05, 4.69) is 17.6 Å². The van der Waals surface area contributed by atoms with Crippen molar-refractivity contribution in [2.75, 3.05) is 11.9 Å². The van der Waals surface area contributed by atoms with E-state index in [0.29, 0.717) is 12.5 Å². The van der Waals surface area contributed by atoms with Gasteiger partial charge in [0, 0.05) is 30.0 Å². The summed E-state index contributed by atoms with van der Waals surface area (Å²) in [5, 5.41) is 7.87. The van der Waals surface area contributed by atoms with Crippen molar-refractivity contribution < 1.29 is 9.59 Å². The molecule has 0 aromatic heterocycles. The molecule has 1 saturated carbocycles. The average molecular weight is 296 g/mol. The third-order valence-corrected chi connectivity index (χ3v) is 4.16. The Hall–Kier alpha value is -2.36. The van der Waals surface area contributed by atoms with Crippen molar-refractivity contribution in [3.63, 3.8) is 0 Å². The van der Waals surface area contributed by atoms with Gasteiger partial charge >= 0.3 is 0 Å². The smallest absolute Gasteiger partial charge is 0.226 e. The second-order valence-corrected chi connectivity index (χ2v) is 5.94. The molecule has 4 heteroatoms. The van der Waals surface area contributed by atoms with Crippen LogP contribution in [0.4, 0.5) is 5.69 Å². The van der Waals surface area contributed by atoms with E-state index in [-0.39, 0.29) is 24.2 Å². The van der Waals surface area contributed by atoms with Gasteiger partial charge in [-0.15, -0.1) is 0 Å². The molecule has 4 nitrogen and oxygen atoms in total. The number of amides is 2. The Morgan fingerprint density at radius 3 is 2.64 bits per heavy atom. The summed E-state index contributed by atoms with van der Waals surface area (Å²) in [6, 6.07) is 13.8. The van der Waals surface area contributed by atoms with Crippen molar-refractivity contribution >= 4 is 28.3 Å². The van der Waals surface area contributed by atoms with Crippen molar-refractivity contribution in [2.45, 2.75) is 19.8 Å². The predicted octanol–water partition coefficient (Wildman–Crippen LogP) is 2.94. The van der Waals surface area contributed by atoms with E-state index in [4.69, 9.17) is 0 Å². The Morgan fingerprint density at radius 1 is 1.14 bits per heavy atom. The first-order valence-corrected chi connectivity index (χ1v) is 7.70. The predicted molar refractivity (Wildman–Crippen MR) is 87.5 cm³/mol. The maximum Gasteiger partial charge on any atom is 0.226 e. The van der Waals surface area contributed by atoms with Crippen LogP contribution in [0.3, 0.4) is 0 Å². The number of carbonyl (C=O) groups excluding carboxylic acids is 2. The molecule has 0 aliphatic heterocycles. The van der Waals surface area contributed by atoms with Gasteiger partial charge in [-0.1, -0.05) is 43.3 Å². The van der Waals surface area contributed by atoms with Gasteiger partial charge in [0.05, 0.1) is 0 Å². The number of benzene rings is 2. The van der Waals surface area contributed by atoms with Crippen LogP contribution in [-0.4, -0.2) is 18.4 Å². The Kier molecular flexibility index (Phi) is 4.09. The van der Waals surface area contributed by atoms with Crippen LogP contribution in [0.25, 0.3) is 10.8 Å². The SMILES string of the molecule is CC1CC1C(=O)NCCC(=O)Nc1cccc2ccccc12. The molecular formula is C18H20N2O2. The zero-order valence-electron chi connectivity index (χ0n) is 12.6. The molecule has 0 spiro atoms. The third-order valence-electron chi connectivity index (χ3n) is 4.16. The summed E-state index contributed by atoms with van der Waals surface area (Å²) in [5.74, 6) is 0.636. The van der Waals surface area contributed by atoms with Gasteiger partial charge in [0.1, 0.15) is 0 Å². The molecule has 0 bridgehead atoms. The first-order valence-electron chi connectivity index (χ1n) is 7.70. The normalized spacial score (nSPS) is 19.7. The molecule has 1 aliphatic rings. The first kappa shape index (κ1) is 14.6. The third kappa shape index (κ3) is 3.27. The standard InChI is InChI=1S/C18H20N2O2/c1-12-11-15(12)18(22)19-10-9-17(21)20-16-8-4-6-13-5-2-3-7-14(13)16/h2-8,12,15H,9-11H2,1H3,(H,19,22)(H,20,21). The van der Waals surface area contributed by atoms with Crippen molar-refractivity contribution in [3.05, 3.63) is 42.5 Å². The molecule has 114 valence electrons. The van der Waals surface area contributed by atoms with Gasteiger partial charge in [0.2, 0.25) is 11.8 Å². The van der Waals surface area contributed by atoms with Crippen LogP contribution in [-0.2, 0) is 9.59 Å². The van der Waals surface area contributed by atoms with Gasteiger partial charge in [-0.2, -0.15) is 0 Å². The summed E-state index contributed by atoms with van der Waals surface area (Å²) in [5.41, 5.74) is 0.810. The molecule has 2 N–H and O–H groups in total. The molecule has 22 heavy (non-hydrogen) atoms. The highest BCUT2D eigenvalue weighted by Crippen LogP contribution is 2.37. The molecule has 0 radical (unpaired) electrons. The van der Waals surface area contributed by atoms with Crippen molar-refractivity contribution in [2.24, 2.45) is 11.8 Å². The number of hydrogen-bond donors (Lipinski definition) is 2. The molecule has 3 rings (SSSR count). The molecule has 2 unspecified atom stereocenters. The summed E-state index contributed by atoms with van der Waals surface area (Å²) in [4.78, 5) is 23.7. The van der Waals surface area contributed by atoms with Gasteiger partial charge < -0.3 is 10.6 Å². The lowest BCUT2D eigenvalue weighted by atomic mass is 10.1. The summed E-state index contributed by atoms with van der Waals surface area (Å²) in [7, 11) is 0. The lowest BCUT2D eigenvalue weighted by Gasteiger charge is -2.09. The summed E-state index contributed by atoms with van der Waals surface area (Å²) in [6.07, 6.45) is 1.25. The van der Waals surface area contributed by atoms with E-state index in [0.717, 1.165) is 22.9 Å². The molecule has 1 aliphatic carbocycles. The Bertz CT molecular complexity index is 706. The largest absolute Gasteiger partial charge is 0.355 e. The first-order chi connectivity index (χ1) is 10.6. The van der Waals surface area contributed by atoms with E-state index in [1.807, 2.05) is 42.5 Å². The minimum atomic E-state index is -0.0829. The highest BCUT2D eigenvalue weighted by Gasteiger charge is 2.38. The van der Waals surface area contributed by atoms with Crippen LogP contribution in [0, 0.1) is 11.8 Å². The molecular weight excluding hydrogens is 276 g/mol. The highest BCUT2D eigenvalue weighted by molar-refractivity contribution is 6.02. The van der Waals surface area contributed by atoms with Gasteiger partial charge in [0.15, 0.2) is 0 Å². The van der Waals surface area contributed by atoms with Crippen molar-refractivity contribution in [3.8, 4) is 0 Å². The van der Waals surface area contributed by atoms with Crippen LogP contribution >= 0.6 is 0 Å². The summed E-state index contributed by atoms with van der Waals surface area (Å²) in [6.45, 7) is 2.45. The van der Waals surface area contributed by atoms with Gasteiger partial charge in [-0.05, 0) is 23.8 Å². The second kappa shape index (κ2) is 6.18. The molecule has 2 atom stereocenters. The average Bonchev–Trinajstić information content (AvgIpc) is 3.25. The summed E-state index contributed by atoms with van der Waals surface area (Å²) < 4.78 is 0. The minimum absolute atomic E-state index is 0.0745. The van der Waals surface area contributed by atoms with Gasteiger partial charge in [0.25, 0.3) is 0 Å². The maximum absolute atomic E-state index is 12.0. The number of anilines is 1. The van der Waals surface area contributed by atoms with Gasteiger partial charge in [-0.25, -0.2) is 0 Å². The molecule has 2 aromatic rings.